The summed E-state index contributed by atoms with van der Waals surface area (Å²) in [5, 5.41) is 6.74. The number of rotatable bonds is 5. The lowest BCUT2D eigenvalue weighted by Crippen LogP contribution is -2.29. The maximum Gasteiger partial charge on any atom is 0.305 e. The second-order valence-corrected chi connectivity index (χ2v) is 4.77. The monoisotopic (exact) mass is 280 g/mol. The summed E-state index contributed by atoms with van der Waals surface area (Å²) in [5.74, 6) is -0.199. The van der Waals surface area contributed by atoms with Crippen LogP contribution in [-0.4, -0.2) is 24.7 Å². The Bertz CT molecular complexity index is 461. The Morgan fingerprint density at radius 1 is 1.32 bits per heavy atom. The Labute approximate surface area is 119 Å². The van der Waals surface area contributed by atoms with Crippen LogP contribution in [0.25, 0.3) is 0 Å². The van der Waals surface area contributed by atoms with Crippen LogP contribution in [0.15, 0.2) is 18.2 Å². The van der Waals surface area contributed by atoms with Gasteiger partial charge in [-0.1, -0.05) is 6.07 Å². The zero-order chi connectivity index (χ0) is 14.3. The Kier molecular flexibility index (Phi) is 6.29. The molecule has 0 amide bonds. The predicted molar refractivity (Wildman–Crippen MR) is 81.4 cm³/mol. The van der Waals surface area contributed by atoms with Crippen molar-refractivity contribution in [2.24, 2.45) is 0 Å². The molecular weight excluding hydrogens is 260 g/mol. The highest BCUT2D eigenvalue weighted by molar-refractivity contribution is 7.80. The standard InChI is InChI=1S/C14H20N2O2S/c1-10-6-7-12(9-11(10)2)16-14(19)15-8-4-5-13(17)18-3/h6-7,9H,4-5,8H2,1-3H3,(H2,15,16,19). The van der Waals surface area contributed by atoms with Gasteiger partial charge in [-0.2, -0.15) is 0 Å². The van der Waals surface area contributed by atoms with E-state index in [-0.39, 0.29) is 5.97 Å². The SMILES string of the molecule is COC(=O)CCCNC(=S)Nc1ccc(C)c(C)c1. The van der Waals surface area contributed by atoms with Gasteiger partial charge in [-0.25, -0.2) is 0 Å². The maximum absolute atomic E-state index is 10.9. The highest BCUT2D eigenvalue weighted by Gasteiger charge is 2.01. The van der Waals surface area contributed by atoms with E-state index >= 15 is 0 Å². The van der Waals surface area contributed by atoms with Crippen LogP contribution in [0.1, 0.15) is 24.0 Å². The molecule has 0 unspecified atom stereocenters. The van der Waals surface area contributed by atoms with E-state index in [0.29, 0.717) is 24.5 Å². The van der Waals surface area contributed by atoms with Gasteiger partial charge < -0.3 is 15.4 Å². The van der Waals surface area contributed by atoms with Crippen molar-refractivity contribution < 1.29 is 9.53 Å². The molecule has 0 aromatic heterocycles. The molecule has 1 aromatic rings. The summed E-state index contributed by atoms with van der Waals surface area (Å²) in [5.41, 5.74) is 3.44. The highest BCUT2D eigenvalue weighted by atomic mass is 32.1. The van der Waals surface area contributed by atoms with Crippen molar-refractivity contribution in [1.82, 2.24) is 5.32 Å². The van der Waals surface area contributed by atoms with Gasteiger partial charge in [-0.15, -0.1) is 0 Å². The Morgan fingerprint density at radius 2 is 2.05 bits per heavy atom. The number of aryl methyl sites for hydroxylation is 2. The van der Waals surface area contributed by atoms with Gasteiger partial charge in [-0.3, -0.25) is 4.79 Å². The van der Waals surface area contributed by atoms with Crippen molar-refractivity contribution >= 4 is 29.0 Å². The number of hydrogen-bond donors (Lipinski definition) is 2. The van der Waals surface area contributed by atoms with Crippen molar-refractivity contribution in [2.75, 3.05) is 19.0 Å². The molecule has 0 aliphatic carbocycles. The molecule has 0 spiro atoms. The van der Waals surface area contributed by atoms with Gasteiger partial charge in [-0.05, 0) is 55.7 Å². The molecule has 0 heterocycles. The van der Waals surface area contributed by atoms with Gasteiger partial charge in [0, 0.05) is 18.7 Å². The third kappa shape index (κ3) is 5.70. The van der Waals surface area contributed by atoms with E-state index in [4.69, 9.17) is 12.2 Å². The second-order valence-electron chi connectivity index (χ2n) is 4.36. The van der Waals surface area contributed by atoms with E-state index < -0.39 is 0 Å². The number of benzene rings is 1. The third-order valence-electron chi connectivity index (χ3n) is 2.84. The predicted octanol–water partition coefficient (Wildman–Crippen LogP) is 2.54. The molecule has 0 saturated carbocycles. The van der Waals surface area contributed by atoms with Crippen LogP contribution in [-0.2, 0) is 9.53 Å². The van der Waals surface area contributed by atoms with Crippen LogP contribution in [0.5, 0.6) is 0 Å². The van der Waals surface area contributed by atoms with Crippen molar-refractivity contribution in [3.05, 3.63) is 29.3 Å². The van der Waals surface area contributed by atoms with Crippen molar-refractivity contribution in [1.29, 1.82) is 0 Å². The zero-order valence-corrected chi connectivity index (χ0v) is 12.4. The summed E-state index contributed by atoms with van der Waals surface area (Å²) in [4.78, 5) is 10.9. The van der Waals surface area contributed by atoms with Gasteiger partial charge in [0.2, 0.25) is 0 Å². The first-order chi connectivity index (χ1) is 9.02. The van der Waals surface area contributed by atoms with Gasteiger partial charge in [0.1, 0.15) is 0 Å². The lowest BCUT2D eigenvalue weighted by molar-refractivity contribution is -0.140. The van der Waals surface area contributed by atoms with Crippen molar-refractivity contribution in [2.45, 2.75) is 26.7 Å². The van der Waals surface area contributed by atoms with E-state index in [0.717, 1.165) is 5.69 Å². The number of hydrogen-bond acceptors (Lipinski definition) is 3. The van der Waals surface area contributed by atoms with Crippen LogP contribution in [0.3, 0.4) is 0 Å². The Balaban J connectivity index is 2.31. The molecule has 1 rings (SSSR count). The number of esters is 1. The minimum atomic E-state index is -0.199. The fraction of sp³-hybridized carbons (Fsp3) is 0.429. The molecule has 4 nitrogen and oxygen atoms in total. The topological polar surface area (TPSA) is 50.4 Å². The van der Waals surface area contributed by atoms with Crippen LogP contribution in [0, 0.1) is 13.8 Å². The quantitative estimate of drug-likeness (QED) is 0.493. The molecule has 2 N–H and O–H groups in total. The first kappa shape index (κ1) is 15.4. The molecule has 0 fully saturated rings. The summed E-state index contributed by atoms with van der Waals surface area (Å²) in [6, 6.07) is 6.10. The van der Waals surface area contributed by atoms with Crippen molar-refractivity contribution in [3.63, 3.8) is 0 Å². The molecule has 0 radical (unpaired) electrons. The fourth-order valence-corrected chi connectivity index (χ4v) is 1.75. The minimum Gasteiger partial charge on any atom is -0.469 e. The molecule has 5 heteroatoms. The summed E-state index contributed by atoms with van der Waals surface area (Å²) in [6.45, 7) is 4.78. The molecule has 0 atom stereocenters. The van der Waals surface area contributed by atoms with E-state index in [1.807, 2.05) is 6.07 Å². The molecule has 19 heavy (non-hydrogen) atoms. The highest BCUT2D eigenvalue weighted by Crippen LogP contribution is 2.13. The van der Waals surface area contributed by atoms with Crippen LogP contribution >= 0.6 is 12.2 Å². The zero-order valence-electron chi connectivity index (χ0n) is 11.6. The molecule has 0 aliphatic heterocycles. The maximum atomic E-state index is 10.9. The van der Waals surface area contributed by atoms with Gasteiger partial charge in [0.25, 0.3) is 0 Å². The van der Waals surface area contributed by atoms with E-state index in [9.17, 15) is 4.79 Å². The average molecular weight is 280 g/mol. The van der Waals surface area contributed by atoms with E-state index in [2.05, 4.69) is 41.4 Å². The molecular formula is C14H20N2O2S. The summed E-state index contributed by atoms with van der Waals surface area (Å²) < 4.78 is 4.56. The van der Waals surface area contributed by atoms with Crippen molar-refractivity contribution in [3.8, 4) is 0 Å². The number of anilines is 1. The number of carbonyl (C=O) groups excluding carboxylic acids is 1. The summed E-state index contributed by atoms with van der Waals surface area (Å²) in [6.07, 6.45) is 1.09. The summed E-state index contributed by atoms with van der Waals surface area (Å²) >= 11 is 5.18. The molecule has 1 aromatic carbocycles. The lowest BCUT2D eigenvalue weighted by Gasteiger charge is -2.11. The summed E-state index contributed by atoms with van der Waals surface area (Å²) in [7, 11) is 1.39. The number of carbonyl (C=O) groups is 1. The molecule has 0 aliphatic rings. The van der Waals surface area contributed by atoms with E-state index in [1.165, 1.54) is 18.2 Å². The second kappa shape index (κ2) is 7.74. The Morgan fingerprint density at radius 3 is 2.68 bits per heavy atom. The van der Waals surface area contributed by atoms with Gasteiger partial charge in [0.05, 0.1) is 7.11 Å². The van der Waals surface area contributed by atoms with Gasteiger partial charge >= 0.3 is 5.97 Å². The Hall–Kier alpha value is -1.62. The van der Waals surface area contributed by atoms with Crippen LogP contribution in [0.4, 0.5) is 5.69 Å². The number of thiocarbonyl (C=S) groups is 1. The largest absolute Gasteiger partial charge is 0.469 e. The number of ether oxygens (including phenoxy) is 1. The fourth-order valence-electron chi connectivity index (χ4n) is 1.53. The normalized spacial score (nSPS) is 9.84. The first-order valence-electron chi connectivity index (χ1n) is 6.22. The minimum absolute atomic E-state index is 0.199. The molecule has 104 valence electrons. The first-order valence-corrected chi connectivity index (χ1v) is 6.62. The number of methoxy groups -OCH3 is 1. The third-order valence-corrected chi connectivity index (χ3v) is 3.08. The van der Waals surface area contributed by atoms with Crippen LogP contribution < -0.4 is 10.6 Å². The number of nitrogens with one attached hydrogen (secondary N) is 2. The average Bonchev–Trinajstić information content (AvgIpc) is 2.38. The smallest absolute Gasteiger partial charge is 0.305 e. The van der Waals surface area contributed by atoms with Crippen LogP contribution in [0.2, 0.25) is 0 Å². The molecule has 0 bridgehead atoms. The van der Waals surface area contributed by atoms with Gasteiger partial charge in [0.15, 0.2) is 5.11 Å². The van der Waals surface area contributed by atoms with E-state index in [1.54, 1.807) is 0 Å². The lowest BCUT2D eigenvalue weighted by atomic mass is 10.1. The molecule has 0 saturated heterocycles.